The third-order valence-electron chi connectivity index (χ3n) is 6.77. The number of anilines is 1. The lowest BCUT2D eigenvalue weighted by atomic mass is 9.86. The fourth-order valence-corrected chi connectivity index (χ4v) is 6.51. The van der Waals surface area contributed by atoms with Gasteiger partial charge in [-0.15, -0.1) is 0 Å². The Morgan fingerprint density at radius 3 is 2.34 bits per heavy atom. The minimum absolute atomic E-state index is 0.00542. The van der Waals surface area contributed by atoms with Crippen molar-refractivity contribution >= 4 is 43.5 Å². The molecule has 4 rings (SSSR count). The van der Waals surface area contributed by atoms with E-state index in [-0.39, 0.29) is 36.3 Å². The molecule has 2 fully saturated rings. The zero-order valence-electron chi connectivity index (χ0n) is 19.8. The molecule has 8 nitrogen and oxygen atoms in total. The second kappa shape index (κ2) is 10.7. The van der Waals surface area contributed by atoms with Gasteiger partial charge in [0.15, 0.2) is 0 Å². The van der Waals surface area contributed by atoms with Crippen LogP contribution in [-0.4, -0.2) is 67.8 Å². The number of unbranched alkanes of at least 4 members (excludes halogenated alkanes) is 1. The molecule has 0 saturated carbocycles. The molecule has 0 radical (unpaired) electrons. The summed E-state index contributed by atoms with van der Waals surface area (Å²) in [6, 6.07) is 16.2. The van der Waals surface area contributed by atoms with E-state index < -0.39 is 15.6 Å². The first-order chi connectivity index (χ1) is 16.8. The molecule has 0 atom stereocenters. The summed E-state index contributed by atoms with van der Waals surface area (Å²) in [5.41, 5.74) is 0.00974. The van der Waals surface area contributed by atoms with E-state index >= 15 is 0 Å². The first-order valence-electron chi connectivity index (χ1n) is 11.9. The van der Waals surface area contributed by atoms with E-state index in [1.165, 1.54) is 4.31 Å². The number of carbonyl (C=O) groups excluding carboxylic acids is 2. The molecular weight excluding hydrogens is 532 g/mol. The number of nitrogens with zero attached hydrogens (tertiary/aromatic N) is 3. The number of para-hydroxylation sites is 1. The summed E-state index contributed by atoms with van der Waals surface area (Å²) in [5, 5.41) is 2.88. The van der Waals surface area contributed by atoms with E-state index in [9.17, 15) is 18.0 Å². The van der Waals surface area contributed by atoms with Crippen molar-refractivity contribution in [2.24, 2.45) is 0 Å². The molecular formula is C25H31BrN4O4S. The molecule has 2 heterocycles. The lowest BCUT2D eigenvalue weighted by molar-refractivity contribution is -0.137. The number of amides is 2. The molecule has 188 valence electrons. The van der Waals surface area contributed by atoms with Gasteiger partial charge in [0.05, 0.1) is 11.6 Å². The van der Waals surface area contributed by atoms with Gasteiger partial charge in [0.2, 0.25) is 21.8 Å². The lowest BCUT2D eigenvalue weighted by Crippen LogP contribution is -2.57. The van der Waals surface area contributed by atoms with E-state index in [2.05, 4.69) is 28.2 Å². The van der Waals surface area contributed by atoms with Crippen molar-refractivity contribution < 1.29 is 18.0 Å². The van der Waals surface area contributed by atoms with E-state index in [1.807, 2.05) is 35.2 Å². The zero-order chi connectivity index (χ0) is 25.1. The quantitative estimate of drug-likeness (QED) is 0.499. The molecule has 35 heavy (non-hydrogen) atoms. The highest BCUT2D eigenvalue weighted by molar-refractivity contribution is 9.10. The van der Waals surface area contributed by atoms with Crippen molar-refractivity contribution in [3.63, 3.8) is 0 Å². The second-order valence-corrected chi connectivity index (χ2v) is 11.9. The van der Waals surface area contributed by atoms with Crippen molar-refractivity contribution in [1.29, 1.82) is 0 Å². The third-order valence-corrected chi connectivity index (χ3v) is 9.21. The molecule has 0 aliphatic carbocycles. The van der Waals surface area contributed by atoms with Crippen LogP contribution in [0.1, 0.15) is 32.6 Å². The average Bonchev–Trinajstić information content (AvgIpc) is 3.11. The highest BCUT2D eigenvalue weighted by Gasteiger charge is 2.55. The first-order valence-corrected chi connectivity index (χ1v) is 14.2. The van der Waals surface area contributed by atoms with Crippen LogP contribution in [0.5, 0.6) is 0 Å². The van der Waals surface area contributed by atoms with Crippen molar-refractivity contribution in [2.45, 2.75) is 43.0 Å². The van der Waals surface area contributed by atoms with Gasteiger partial charge in [0, 0.05) is 29.8 Å². The number of benzene rings is 2. The SMILES string of the molecule is CCCCNC(=O)CN1CN(c2ccccc2)C2(CCN(S(=O)(=O)c3ccc(Br)cc3)CC2)C1=O. The van der Waals surface area contributed by atoms with Crippen LogP contribution < -0.4 is 10.2 Å². The van der Waals surface area contributed by atoms with Crippen LogP contribution in [0, 0.1) is 0 Å². The van der Waals surface area contributed by atoms with Crippen molar-refractivity contribution in [2.75, 3.05) is 37.7 Å². The number of nitrogens with one attached hydrogen (secondary N) is 1. The van der Waals surface area contributed by atoms with Crippen LogP contribution in [0.2, 0.25) is 0 Å². The maximum Gasteiger partial charge on any atom is 0.250 e. The molecule has 1 N–H and O–H groups in total. The molecule has 2 aliphatic heterocycles. The summed E-state index contributed by atoms with van der Waals surface area (Å²) >= 11 is 3.34. The minimum Gasteiger partial charge on any atom is -0.355 e. The summed E-state index contributed by atoms with van der Waals surface area (Å²) in [4.78, 5) is 30.1. The summed E-state index contributed by atoms with van der Waals surface area (Å²) in [6.07, 6.45) is 2.57. The van der Waals surface area contributed by atoms with Gasteiger partial charge in [-0.25, -0.2) is 8.42 Å². The van der Waals surface area contributed by atoms with Gasteiger partial charge < -0.3 is 15.1 Å². The van der Waals surface area contributed by atoms with Crippen LogP contribution in [-0.2, 0) is 19.6 Å². The predicted octanol–water partition coefficient (Wildman–Crippen LogP) is 3.20. The molecule has 2 saturated heterocycles. The Bertz CT molecular complexity index is 1150. The maximum atomic E-state index is 13.7. The fraction of sp³-hybridized carbons (Fsp3) is 0.440. The highest BCUT2D eigenvalue weighted by atomic mass is 79.9. The molecule has 2 aromatic carbocycles. The maximum absolute atomic E-state index is 13.7. The van der Waals surface area contributed by atoms with Crippen LogP contribution >= 0.6 is 15.9 Å². The summed E-state index contributed by atoms with van der Waals surface area (Å²) in [6.45, 7) is 3.39. The number of hydrogen-bond donors (Lipinski definition) is 1. The van der Waals surface area contributed by atoms with Crippen LogP contribution in [0.25, 0.3) is 0 Å². The van der Waals surface area contributed by atoms with Gasteiger partial charge in [-0.2, -0.15) is 4.31 Å². The molecule has 0 bridgehead atoms. The summed E-state index contributed by atoms with van der Waals surface area (Å²) in [5.74, 6) is -0.292. The van der Waals surface area contributed by atoms with E-state index in [1.54, 1.807) is 29.2 Å². The monoisotopic (exact) mass is 562 g/mol. The third kappa shape index (κ3) is 5.24. The highest BCUT2D eigenvalue weighted by Crippen LogP contribution is 2.40. The molecule has 2 aromatic rings. The molecule has 0 aromatic heterocycles. The second-order valence-electron chi connectivity index (χ2n) is 9.00. The Morgan fingerprint density at radius 1 is 1.06 bits per heavy atom. The van der Waals surface area contributed by atoms with Crippen molar-refractivity contribution in [1.82, 2.24) is 14.5 Å². The van der Waals surface area contributed by atoms with E-state index in [0.29, 0.717) is 26.1 Å². The van der Waals surface area contributed by atoms with Crippen LogP contribution in [0.3, 0.4) is 0 Å². The molecule has 2 aliphatic rings. The summed E-state index contributed by atoms with van der Waals surface area (Å²) in [7, 11) is -3.67. The van der Waals surface area contributed by atoms with Gasteiger partial charge in [-0.1, -0.05) is 47.5 Å². The molecule has 1 spiro atoms. The number of halogens is 1. The summed E-state index contributed by atoms with van der Waals surface area (Å²) < 4.78 is 28.7. The Kier molecular flexibility index (Phi) is 7.83. The molecule has 2 amide bonds. The topological polar surface area (TPSA) is 90.0 Å². The molecule has 10 heteroatoms. The molecule has 0 unspecified atom stereocenters. The Morgan fingerprint density at radius 2 is 1.71 bits per heavy atom. The van der Waals surface area contributed by atoms with Gasteiger partial charge in [0.25, 0.3) is 0 Å². The van der Waals surface area contributed by atoms with Crippen LogP contribution in [0.4, 0.5) is 5.69 Å². The lowest BCUT2D eigenvalue weighted by Gasteiger charge is -2.42. The number of rotatable bonds is 8. The number of piperidine rings is 1. The smallest absolute Gasteiger partial charge is 0.250 e. The van der Waals surface area contributed by atoms with Gasteiger partial charge in [-0.05, 0) is 55.7 Å². The Balaban J connectivity index is 1.54. The normalized spacial score (nSPS) is 18.3. The van der Waals surface area contributed by atoms with Crippen molar-refractivity contribution in [3.8, 4) is 0 Å². The minimum atomic E-state index is -3.67. The van der Waals surface area contributed by atoms with Gasteiger partial charge in [-0.3, -0.25) is 9.59 Å². The predicted molar refractivity (Wildman–Crippen MR) is 138 cm³/mol. The first kappa shape index (κ1) is 25.7. The van der Waals surface area contributed by atoms with Crippen molar-refractivity contribution in [3.05, 3.63) is 59.1 Å². The van der Waals surface area contributed by atoms with E-state index in [4.69, 9.17) is 0 Å². The largest absolute Gasteiger partial charge is 0.355 e. The zero-order valence-corrected chi connectivity index (χ0v) is 22.2. The van der Waals surface area contributed by atoms with Gasteiger partial charge in [0.1, 0.15) is 12.1 Å². The number of sulfonamides is 1. The van der Waals surface area contributed by atoms with Crippen LogP contribution in [0.15, 0.2) is 64.0 Å². The van der Waals surface area contributed by atoms with E-state index in [0.717, 1.165) is 23.0 Å². The number of carbonyl (C=O) groups is 2. The average molecular weight is 564 g/mol. The standard InChI is InChI=1S/C25H31BrN4O4S/c1-2-3-15-27-23(31)18-28-19-30(21-7-5-4-6-8-21)25(24(28)32)13-16-29(17-14-25)35(33,34)22-11-9-20(26)10-12-22/h4-12H,2-3,13-19H2,1H3,(H,27,31). The fourth-order valence-electron chi connectivity index (χ4n) is 4.81. The Labute approximate surface area is 215 Å². The van der Waals surface area contributed by atoms with Gasteiger partial charge >= 0.3 is 0 Å². The Hall–Kier alpha value is -2.43. The number of hydrogen-bond acceptors (Lipinski definition) is 5.